The predicted octanol–water partition coefficient (Wildman–Crippen LogP) is 2.48. The molecule has 0 atom stereocenters. The number of carbonyl (C=O) groups excluding carboxylic acids is 3. The SMILES string of the molecule is CN(Cc1ccc(Cl)s1)C(=O)C(=O)N1CCN(C(=O)c2ccc(F)cc2)CC1. The summed E-state index contributed by atoms with van der Waals surface area (Å²) in [6.45, 7) is 1.50. The van der Waals surface area contributed by atoms with Gasteiger partial charge in [0.05, 0.1) is 10.9 Å². The Bertz CT molecular complexity index is 879. The number of nitrogens with zero attached hydrogens (tertiary/aromatic N) is 3. The minimum absolute atomic E-state index is 0.217. The number of hydrogen-bond acceptors (Lipinski definition) is 4. The summed E-state index contributed by atoms with van der Waals surface area (Å²) in [6.07, 6.45) is 0. The molecule has 3 rings (SSSR count). The van der Waals surface area contributed by atoms with Crippen molar-refractivity contribution in [3.63, 3.8) is 0 Å². The van der Waals surface area contributed by atoms with Gasteiger partial charge in [0, 0.05) is 43.7 Å². The smallest absolute Gasteiger partial charge is 0.312 e. The molecule has 1 aliphatic rings. The molecular formula is C19H19ClFN3O3S. The molecule has 0 unspecified atom stereocenters. The fraction of sp³-hybridized carbons (Fsp3) is 0.316. The van der Waals surface area contributed by atoms with Crippen molar-refractivity contribution in [2.75, 3.05) is 33.2 Å². The van der Waals surface area contributed by atoms with Gasteiger partial charge in [-0.3, -0.25) is 14.4 Å². The second kappa shape index (κ2) is 8.70. The third kappa shape index (κ3) is 4.69. The van der Waals surface area contributed by atoms with Gasteiger partial charge in [0.25, 0.3) is 5.91 Å². The van der Waals surface area contributed by atoms with Crippen molar-refractivity contribution >= 4 is 40.7 Å². The maximum atomic E-state index is 13.0. The lowest BCUT2D eigenvalue weighted by Crippen LogP contribution is -2.53. The van der Waals surface area contributed by atoms with Gasteiger partial charge in [-0.25, -0.2) is 4.39 Å². The second-order valence-corrected chi connectivity index (χ2v) is 8.26. The fourth-order valence-corrected chi connectivity index (χ4v) is 4.07. The number of carbonyl (C=O) groups is 3. The standard InChI is InChI=1S/C19H19ClFN3O3S/c1-22(12-15-6-7-16(20)28-15)18(26)19(27)24-10-8-23(9-11-24)17(25)13-2-4-14(21)5-3-13/h2-7H,8-12H2,1H3. The van der Waals surface area contributed by atoms with Gasteiger partial charge < -0.3 is 14.7 Å². The maximum Gasteiger partial charge on any atom is 0.312 e. The van der Waals surface area contributed by atoms with E-state index in [1.807, 2.05) is 6.07 Å². The lowest BCUT2D eigenvalue weighted by molar-refractivity contribution is -0.152. The molecule has 2 heterocycles. The van der Waals surface area contributed by atoms with E-state index in [0.717, 1.165) is 4.88 Å². The Morgan fingerprint density at radius 2 is 1.64 bits per heavy atom. The largest absolute Gasteiger partial charge is 0.335 e. The summed E-state index contributed by atoms with van der Waals surface area (Å²) < 4.78 is 13.6. The van der Waals surface area contributed by atoms with Crippen LogP contribution in [0.5, 0.6) is 0 Å². The minimum Gasteiger partial charge on any atom is -0.335 e. The Morgan fingerprint density at radius 1 is 1.04 bits per heavy atom. The van der Waals surface area contributed by atoms with E-state index in [2.05, 4.69) is 0 Å². The summed E-state index contributed by atoms with van der Waals surface area (Å²) in [7, 11) is 1.57. The van der Waals surface area contributed by atoms with Crippen molar-refractivity contribution in [2.24, 2.45) is 0 Å². The van der Waals surface area contributed by atoms with Crippen molar-refractivity contribution in [1.82, 2.24) is 14.7 Å². The number of piperazine rings is 1. The van der Waals surface area contributed by atoms with E-state index in [9.17, 15) is 18.8 Å². The zero-order chi connectivity index (χ0) is 20.3. The molecule has 1 aliphatic heterocycles. The van der Waals surface area contributed by atoms with E-state index in [1.54, 1.807) is 18.0 Å². The first-order valence-corrected chi connectivity index (χ1v) is 9.88. The van der Waals surface area contributed by atoms with Crippen LogP contribution in [0.4, 0.5) is 4.39 Å². The highest BCUT2D eigenvalue weighted by molar-refractivity contribution is 7.16. The van der Waals surface area contributed by atoms with Crippen LogP contribution in [0, 0.1) is 5.82 Å². The molecule has 0 radical (unpaired) electrons. The highest BCUT2D eigenvalue weighted by atomic mass is 35.5. The van der Waals surface area contributed by atoms with Crippen molar-refractivity contribution < 1.29 is 18.8 Å². The Labute approximate surface area is 171 Å². The third-order valence-electron chi connectivity index (χ3n) is 4.50. The third-order valence-corrected chi connectivity index (χ3v) is 5.71. The molecular weight excluding hydrogens is 405 g/mol. The molecule has 0 spiro atoms. The molecule has 2 aromatic rings. The number of likely N-dealkylation sites (N-methyl/N-ethyl adjacent to an activating group) is 1. The van der Waals surface area contributed by atoms with Crippen LogP contribution >= 0.6 is 22.9 Å². The van der Waals surface area contributed by atoms with E-state index >= 15 is 0 Å². The molecule has 3 amide bonds. The number of benzene rings is 1. The lowest BCUT2D eigenvalue weighted by atomic mass is 10.1. The van der Waals surface area contributed by atoms with Crippen LogP contribution in [0.3, 0.4) is 0 Å². The normalized spacial score (nSPS) is 14.1. The van der Waals surface area contributed by atoms with Crippen LogP contribution in [0.15, 0.2) is 36.4 Å². The number of thiophene rings is 1. The lowest BCUT2D eigenvalue weighted by Gasteiger charge is -2.35. The molecule has 1 aromatic heterocycles. The molecule has 0 saturated carbocycles. The van der Waals surface area contributed by atoms with Crippen molar-refractivity contribution in [3.05, 3.63) is 57.0 Å². The summed E-state index contributed by atoms with van der Waals surface area (Å²) in [5.41, 5.74) is 0.395. The van der Waals surface area contributed by atoms with Gasteiger partial charge in [-0.15, -0.1) is 11.3 Å². The van der Waals surface area contributed by atoms with Crippen molar-refractivity contribution in [3.8, 4) is 0 Å². The Kier molecular flexibility index (Phi) is 6.31. The van der Waals surface area contributed by atoms with Gasteiger partial charge >= 0.3 is 11.8 Å². The molecule has 0 aliphatic carbocycles. The first-order chi connectivity index (χ1) is 13.3. The zero-order valence-electron chi connectivity index (χ0n) is 15.2. The molecule has 148 valence electrons. The second-order valence-electron chi connectivity index (χ2n) is 6.46. The van der Waals surface area contributed by atoms with Crippen molar-refractivity contribution in [1.29, 1.82) is 0 Å². The Balaban J connectivity index is 1.53. The average molecular weight is 424 g/mol. The van der Waals surface area contributed by atoms with Crippen LogP contribution in [0.2, 0.25) is 4.34 Å². The highest BCUT2D eigenvalue weighted by Gasteiger charge is 2.30. The van der Waals surface area contributed by atoms with E-state index < -0.39 is 17.6 Å². The maximum absolute atomic E-state index is 13.0. The number of halogens is 2. The summed E-state index contributed by atoms with van der Waals surface area (Å²) in [6, 6.07) is 8.92. The van der Waals surface area contributed by atoms with Crippen LogP contribution in [-0.2, 0) is 16.1 Å². The van der Waals surface area contributed by atoms with E-state index in [-0.39, 0.29) is 19.0 Å². The monoisotopic (exact) mass is 423 g/mol. The number of rotatable bonds is 3. The first kappa shape index (κ1) is 20.3. The minimum atomic E-state index is -0.595. The predicted molar refractivity (Wildman–Crippen MR) is 105 cm³/mol. The molecule has 28 heavy (non-hydrogen) atoms. The van der Waals surface area contributed by atoms with E-state index in [0.29, 0.717) is 29.5 Å². The Morgan fingerprint density at radius 3 is 2.21 bits per heavy atom. The van der Waals surface area contributed by atoms with Gasteiger partial charge in [-0.1, -0.05) is 11.6 Å². The van der Waals surface area contributed by atoms with Crippen LogP contribution in [0.25, 0.3) is 0 Å². The zero-order valence-corrected chi connectivity index (χ0v) is 16.8. The number of hydrogen-bond donors (Lipinski definition) is 0. The Hall–Kier alpha value is -2.45. The van der Waals surface area contributed by atoms with E-state index in [4.69, 9.17) is 11.6 Å². The molecule has 1 fully saturated rings. The van der Waals surface area contributed by atoms with Gasteiger partial charge in [0.2, 0.25) is 0 Å². The molecule has 1 aromatic carbocycles. The molecule has 0 bridgehead atoms. The van der Waals surface area contributed by atoms with Crippen LogP contribution in [-0.4, -0.2) is 65.6 Å². The summed E-state index contributed by atoms with van der Waals surface area (Å²) >= 11 is 7.25. The van der Waals surface area contributed by atoms with Gasteiger partial charge in [-0.05, 0) is 36.4 Å². The average Bonchev–Trinajstić information content (AvgIpc) is 3.11. The van der Waals surface area contributed by atoms with E-state index in [1.165, 1.54) is 45.4 Å². The summed E-state index contributed by atoms with van der Waals surface area (Å²) in [5, 5.41) is 0. The topological polar surface area (TPSA) is 60.9 Å². The molecule has 6 nitrogen and oxygen atoms in total. The molecule has 9 heteroatoms. The first-order valence-electron chi connectivity index (χ1n) is 8.68. The van der Waals surface area contributed by atoms with Crippen molar-refractivity contribution in [2.45, 2.75) is 6.54 Å². The molecule has 1 saturated heterocycles. The van der Waals surface area contributed by atoms with Crippen LogP contribution in [0.1, 0.15) is 15.2 Å². The quantitative estimate of drug-likeness (QED) is 0.712. The van der Waals surface area contributed by atoms with Gasteiger partial charge in [0.1, 0.15) is 5.82 Å². The fourth-order valence-electron chi connectivity index (χ4n) is 2.93. The highest BCUT2D eigenvalue weighted by Crippen LogP contribution is 2.22. The molecule has 0 N–H and O–H groups in total. The summed E-state index contributed by atoms with van der Waals surface area (Å²) in [5.74, 6) is -1.80. The van der Waals surface area contributed by atoms with Gasteiger partial charge in [0.15, 0.2) is 0 Å². The number of amides is 3. The van der Waals surface area contributed by atoms with Gasteiger partial charge in [-0.2, -0.15) is 0 Å². The summed E-state index contributed by atoms with van der Waals surface area (Å²) in [4.78, 5) is 42.7. The van der Waals surface area contributed by atoms with Crippen LogP contribution < -0.4 is 0 Å².